The minimum absolute atomic E-state index is 0.000428. The summed E-state index contributed by atoms with van der Waals surface area (Å²) in [5, 5.41) is 7.51. The number of H-pyrrole nitrogens is 1. The highest BCUT2D eigenvalue weighted by molar-refractivity contribution is 5.89. The van der Waals surface area contributed by atoms with Gasteiger partial charge in [0.1, 0.15) is 5.69 Å². The van der Waals surface area contributed by atoms with Crippen LogP contribution in [0.4, 0.5) is 0 Å². The van der Waals surface area contributed by atoms with E-state index in [4.69, 9.17) is 14.7 Å². The Balaban J connectivity index is 1.68. The van der Waals surface area contributed by atoms with Gasteiger partial charge < -0.3 is 4.74 Å². The molecule has 0 fully saturated rings. The molecule has 4 rings (SSSR count). The summed E-state index contributed by atoms with van der Waals surface area (Å²) in [5.74, 6) is -0.353. The van der Waals surface area contributed by atoms with E-state index in [-0.39, 0.29) is 16.8 Å². The van der Waals surface area contributed by atoms with Crippen LogP contribution in [0.2, 0.25) is 0 Å². The number of carbonyl (C=O) groups excluding carboxylic acids is 1. The Morgan fingerprint density at radius 1 is 1.00 bits per heavy atom. The van der Waals surface area contributed by atoms with E-state index in [1.165, 1.54) is 7.11 Å². The first kappa shape index (κ1) is 19.3. The molecule has 150 valence electrons. The van der Waals surface area contributed by atoms with Gasteiger partial charge in [0, 0.05) is 16.4 Å². The average Bonchev–Trinajstić information content (AvgIpc) is 3.21. The molecule has 0 atom stereocenters. The van der Waals surface area contributed by atoms with Crippen LogP contribution in [0.3, 0.4) is 0 Å². The first-order chi connectivity index (χ1) is 13.7. The summed E-state index contributed by atoms with van der Waals surface area (Å²) in [6.45, 7) is 8.95. The third-order valence-corrected chi connectivity index (χ3v) is 5.89. The van der Waals surface area contributed by atoms with Crippen LogP contribution in [0.1, 0.15) is 62.3 Å². The lowest BCUT2D eigenvalue weighted by Crippen LogP contribution is -2.36. The fraction of sp³-hybridized carbons (Fsp3) is 0.391. The summed E-state index contributed by atoms with van der Waals surface area (Å²) in [7, 11) is 1.37. The lowest BCUT2D eigenvalue weighted by molar-refractivity contribution is 0.0601. The van der Waals surface area contributed by atoms with Gasteiger partial charge in [-0.05, 0) is 31.0 Å². The molecule has 3 aromatic rings. The number of aromatic amines is 1. The van der Waals surface area contributed by atoms with Gasteiger partial charge in [0.25, 0.3) is 0 Å². The standard InChI is InChI=1S/C23H26N4O2/c1-22(2)10-11-23(3,4)20-19(22)24-13-18(25-20)17-12-16(26-27-17)14-6-8-15(9-7-14)21(28)29-5/h6-9,12-13H,10-11H2,1-5H3,(H,26,27). The van der Waals surface area contributed by atoms with Crippen molar-refractivity contribution in [3.63, 3.8) is 0 Å². The Morgan fingerprint density at radius 3 is 2.31 bits per heavy atom. The molecule has 0 amide bonds. The molecule has 1 N–H and O–H groups in total. The van der Waals surface area contributed by atoms with E-state index in [0.29, 0.717) is 5.56 Å². The topological polar surface area (TPSA) is 80.8 Å². The van der Waals surface area contributed by atoms with Crippen molar-refractivity contribution < 1.29 is 9.53 Å². The molecule has 1 aromatic carbocycles. The number of rotatable bonds is 3. The van der Waals surface area contributed by atoms with Crippen molar-refractivity contribution in [1.82, 2.24) is 20.2 Å². The fourth-order valence-electron chi connectivity index (χ4n) is 3.84. The van der Waals surface area contributed by atoms with Crippen molar-refractivity contribution in [1.29, 1.82) is 0 Å². The number of ether oxygens (including phenoxy) is 1. The Hall–Kier alpha value is -3.02. The number of fused-ring (bicyclic) bond motifs is 1. The van der Waals surface area contributed by atoms with Gasteiger partial charge in [-0.25, -0.2) is 9.78 Å². The van der Waals surface area contributed by atoms with Crippen LogP contribution in [0.15, 0.2) is 36.5 Å². The van der Waals surface area contributed by atoms with E-state index in [2.05, 4.69) is 37.9 Å². The van der Waals surface area contributed by atoms with Crippen LogP contribution < -0.4 is 0 Å². The SMILES string of the molecule is COC(=O)c1ccc(-c2cc(-c3cnc4c(n3)C(C)(C)CCC4(C)C)[nH]n2)cc1. The monoisotopic (exact) mass is 390 g/mol. The van der Waals surface area contributed by atoms with Crippen LogP contribution in [0.25, 0.3) is 22.6 Å². The molecule has 0 saturated carbocycles. The number of carbonyl (C=O) groups is 1. The largest absolute Gasteiger partial charge is 0.465 e. The van der Waals surface area contributed by atoms with Crippen LogP contribution in [0.5, 0.6) is 0 Å². The summed E-state index contributed by atoms with van der Waals surface area (Å²) in [6.07, 6.45) is 4.03. The van der Waals surface area contributed by atoms with Gasteiger partial charge in [-0.15, -0.1) is 0 Å². The zero-order valence-electron chi connectivity index (χ0n) is 17.5. The Kier molecular flexibility index (Phi) is 4.52. The molecule has 1 aliphatic carbocycles. The summed E-state index contributed by atoms with van der Waals surface area (Å²) in [5.41, 5.74) is 6.03. The van der Waals surface area contributed by atoms with Gasteiger partial charge in [0.05, 0.1) is 41.6 Å². The lowest BCUT2D eigenvalue weighted by atomic mass is 9.67. The number of nitrogens with one attached hydrogen (secondary N) is 1. The van der Waals surface area contributed by atoms with E-state index in [9.17, 15) is 4.79 Å². The van der Waals surface area contributed by atoms with Gasteiger partial charge in [0.2, 0.25) is 0 Å². The summed E-state index contributed by atoms with van der Waals surface area (Å²) < 4.78 is 4.74. The number of esters is 1. The maximum atomic E-state index is 11.6. The van der Waals surface area contributed by atoms with E-state index < -0.39 is 0 Å². The molecule has 0 unspecified atom stereocenters. The van der Waals surface area contributed by atoms with E-state index >= 15 is 0 Å². The molecule has 6 nitrogen and oxygen atoms in total. The molecule has 0 radical (unpaired) electrons. The number of methoxy groups -OCH3 is 1. The predicted octanol–water partition coefficient (Wildman–Crippen LogP) is 4.67. The van der Waals surface area contributed by atoms with E-state index in [1.807, 2.05) is 24.4 Å². The molecular formula is C23H26N4O2. The van der Waals surface area contributed by atoms with Crippen molar-refractivity contribution in [2.45, 2.75) is 51.4 Å². The van der Waals surface area contributed by atoms with Gasteiger partial charge in [-0.2, -0.15) is 5.10 Å². The van der Waals surface area contributed by atoms with Crippen LogP contribution in [-0.2, 0) is 15.6 Å². The maximum absolute atomic E-state index is 11.6. The number of benzene rings is 1. The van der Waals surface area contributed by atoms with Gasteiger partial charge in [-0.1, -0.05) is 39.8 Å². The zero-order valence-corrected chi connectivity index (χ0v) is 17.5. The van der Waals surface area contributed by atoms with Crippen LogP contribution >= 0.6 is 0 Å². The van der Waals surface area contributed by atoms with Crippen molar-refractivity contribution >= 4 is 5.97 Å². The molecule has 29 heavy (non-hydrogen) atoms. The first-order valence-electron chi connectivity index (χ1n) is 9.84. The second-order valence-corrected chi connectivity index (χ2v) is 8.96. The molecule has 2 aromatic heterocycles. The predicted molar refractivity (Wildman–Crippen MR) is 112 cm³/mol. The van der Waals surface area contributed by atoms with Crippen molar-refractivity contribution in [3.8, 4) is 22.6 Å². The summed E-state index contributed by atoms with van der Waals surface area (Å²) in [4.78, 5) is 21.4. The van der Waals surface area contributed by atoms with Gasteiger partial charge in [-0.3, -0.25) is 10.1 Å². The van der Waals surface area contributed by atoms with Gasteiger partial charge in [0.15, 0.2) is 0 Å². The highest BCUT2D eigenvalue weighted by Gasteiger charge is 2.39. The smallest absolute Gasteiger partial charge is 0.337 e. The molecular weight excluding hydrogens is 364 g/mol. The normalized spacial score (nSPS) is 16.9. The molecule has 0 aliphatic heterocycles. The number of aromatic nitrogens is 4. The van der Waals surface area contributed by atoms with Crippen LogP contribution in [-0.4, -0.2) is 33.2 Å². The molecule has 0 bridgehead atoms. The molecule has 6 heteroatoms. The third kappa shape index (κ3) is 3.43. The molecule has 2 heterocycles. The highest BCUT2D eigenvalue weighted by atomic mass is 16.5. The number of hydrogen-bond acceptors (Lipinski definition) is 5. The summed E-state index contributed by atoms with van der Waals surface area (Å²) >= 11 is 0. The van der Waals surface area contributed by atoms with Crippen LogP contribution in [0, 0.1) is 0 Å². The first-order valence-corrected chi connectivity index (χ1v) is 9.84. The maximum Gasteiger partial charge on any atom is 0.337 e. The number of hydrogen-bond donors (Lipinski definition) is 1. The third-order valence-electron chi connectivity index (χ3n) is 5.89. The van der Waals surface area contributed by atoms with E-state index in [1.54, 1.807) is 12.1 Å². The lowest BCUT2D eigenvalue weighted by Gasteiger charge is -2.39. The van der Waals surface area contributed by atoms with Crippen molar-refractivity contribution in [2.75, 3.05) is 7.11 Å². The fourth-order valence-corrected chi connectivity index (χ4v) is 3.84. The highest BCUT2D eigenvalue weighted by Crippen LogP contribution is 2.44. The second-order valence-electron chi connectivity index (χ2n) is 8.96. The average molecular weight is 390 g/mol. The molecule has 0 saturated heterocycles. The zero-order chi connectivity index (χ0) is 20.8. The van der Waals surface area contributed by atoms with Gasteiger partial charge >= 0.3 is 5.97 Å². The molecule has 0 spiro atoms. The van der Waals surface area contributed by atoms with Crippen molar-refractivity contribution in [2.24, 2.45) is 0 Å². The summed E-state index contributed by atoms with van der Waals surface area (Å²) in [6, 6.07) is 9.15. The second kappa shape index (κ2) is 6.79. The Labute approximate surface area is 170 Å². The Bertz CT molecular complexity index is 1060. The minimum Gasteiger partial charge on any atom is -0.465 e. The number of nitrogens with zero attached hydrogens (tertiary/aromatic N) is 3. The quantitative estimate of drug-likeness (QED) is 0.657. The van der Waals surface area contributed by atoms with Crippen molar-refractivity contribution in [3.05, 3.63) is 53.5 Å². The molecule has 1 aliphatic rings. The van der Waals surface area contributed by atoms with E-state index in [0.717, 1.165) is 46.9 Å². The Morgan fingerprint density at radius 2 is 1.66 bits per heavy atom. The minimum atomic E-state index is -0.353.